The predicted molar refractivity (Wildman–Crippen MR) is 114 cm³/mol. The Morgan fingerprint density at radius 3 is 2.46 bits per heavy atom. The molecule has 2 aromatic carbocycles. The average Bonchev–Trinajstić information content (AvgIpc) is 3.08. The van der Waals surface area contributed by atoms with E-state index in [9.17, 15) is 4.79 Å². The monoisotopic (exact) mass is 397 g/mol. The fourth-order valence-electron chi connectivity index (χ4n) is 2.66. The Kier molecular flexibility index (Phi) is 5.72. The van der Waals surface area contributed by atoms with Crippen molar-refractivity contribution in [3.8, 4) is 5.69 Å². The summed E-state index contributed by atoms with van der Waals surface area (Å²) in [6, 6.07) is 16.2. The van der Waals surface area contributed by atoms with Gasteiger partial charge in [0.25, 0.3) is 0 Å². The van der Waals surface area contributed by atoms with Crippen LogP contribution in [0.1, 0.15) is 32.0 Å². The van der Waals surface area contributed by atoms with Gasteiger partial charge in [0.2, 0.25) is 0 Å². The fourth-order valence-corrected chi connectivity index (χ4v) is 2.79. The van der Waals surface area contributed by atoms with Crippen molar-refractivity contribution < 1.29 is 4.79 Å². The van der Waals surface area contributed by atoms with Crippen LogP contribution in [0.25, 0.3) is 5.69 Å². The van der Waals surface area contributed by atoms with Crippen molar-refractivity contribution in [1.29, 1.82) is 0 Å². The summed E-state index contributed by atoms with van der Waals surface area (Å²) in [7, 11) is 0. The third-order valence-corrected chi connectivity index (χ3v) is 4.46. The minimum absolute atomic E-state index is 0.167. The van der Waals surface area contributed by atoms with Crippen LogP contribution >= 0.6 is 11.6 Å². The molecular formula is C21H24ClN5O. The van der Waals surface area contributed by atoms with Crippen LogP contribution in [0.2, 0.25) is 5.02 Å². The molecule has 0 unspecified atom stereocenters. The SMILES string of the molecule is CC(C)(C)c1cc(NC(=O)Nc2ccc(Cl)cc2)n(-c2cccc(CN)c2)n1. The lowest BCUT2D eigenvalue weighted by Crippen LogP contribution is -2.21. The van der Waals surface area contributed by atoms with Gasteiger partial charge < -0.3 is 11.1 Å². The molecule has 0 radical (unpaired) electrons. The van der Waals surface area contributed by atoms with E-state index in [1.807, 2.05) is 30.3 Å². The highest BCUT2D eigenvalue weighted by atomic mass is 35.5. The highest BCUT2D eigenvalue weighted by molar-refractivity contribution is 6.30. The van der Waals surface area contributed by atoms with Crippen molar-refractivity contribution in [2.24, 2.45) is 5.73 Å². The van der Waals surface area contributed by atoms with Crippen LogP contribution in [0.5, 0.6) is 0 Å². The maximum absolute atomic E-state index is 12.5. The van der Waals surface area contributed by atoms with Crippen molar-refractivity contribution in [2.75, 3.05) is 10.6 Å². The number of carbonyl (C=O) groups excluding carboxylic acids is 1. The fraction of sp³-hybridized carbons (Fsp3) is 0.238. The van der Waals surface area contributed by atoms with Crippen LogP contribution in [-0.4, -0.2) is 15.8 Å². The summed E-state index contributed by atoms with van der Waals surface area (Å²) in [4.78, 5) is 12.5. The number of nitrogens with zero attached hydrogens (tertiary/aromatic N) is 2. The molecule has 28 heavy (non-hydrogen) atoms. The second kappa shape index (κ2) is 8.04. The highest BCUT2D eigenvalue weighted by Gasteiger charge is 2.21. The van der Waals surface area contributed by atoms with Gasteiger partial charge in [0, 0.05) is 28.7 Å². The quantitative estimate of drug-likeness (QED) is 0.583. The lowest BCUT2D eigenvalue weighted by molar-refractivity contribution is 0.262. The van der Waals surface area contributed by atoms with Gasteiger partial charge in [0.05, 0.1) is 11.4 Å². The normalized spacial score (nSPS) is 11.3. The number of anilines is 2. The molecule has 0 aliphatic carbocycles. The van der Waals surface area contributed by atoms with E-state index in [1.165, 1.54) is 0 Å². The zero-order chi connectivity index (χ0) is 20.3. The molecule has 2 amide bonds. The van der Waals surface area contributed by atoms with Crippen LogP contribution in [0, 0.1) is 0 Å². The minimum atomic E-state index is -0.362. The first-order chi connectivity index (χ1) is 13.3. The number of benzene rings is 2. The molecule has 0 saturated heterocycles. The van der Waals surface area contributed by atoms with E-state index in [0.717, 1.165) is 16.9 Å². The molecule has 6 nitrogen and oxygen atoms in total. The van der Waals surface area contributed by atoms with Gasteiger partial charge >= 0.3 is 6.03 Å². The number of halogens is 1. The first kappa shape index (κ1) is 19.9. The predicted octanol–water partition coefficient (Wildman–Crippen LogP) is 4.93. The number of carbonyl (C=O) groups is 1. The van der Waals surface area contributed by atoms with Gasteiger partial charge in [-0.25, -0.2) is 9.48 Å². The van der Waals surface area contributed by atoms with Crippen molar-refractivity contribution in [2.45, 2.75) is 32.7 Å². The van der Waals surface area contributed by atoms with Gasteiger partial charge in [0.1, 0.15) is 5.82 Å². The van der Waals surface area contributed by atoms with Gasteiger partial charge in [-0.05, 0) is 42.0 Å². The molecule has 0 aliphatic rings. The van der Waals surface area contributed by atoms with Gasteiger partial charge in [-0.2, -0.15) is 5.10 Å². The first-order valence-electron chi connectivity index (χ1n) is 9.00. The van der Waals surface area contributed by atoms with E-state index < -0.39 is 0 Å². The number of aromatic nitrogens is 2. The van der Waals surface area contributed by atoms with Crippen LogP contribution in [-0.2, 0) is 12.0 Å². The summed E-state index contributed by atoms with van der Waals surface area (Å²) in [5, 5.41) is 11.0. The van der Waals surface area contributed by atoms with Crippen LogP contribution in [0.3, 0.4) is 0 Å². The molecule has 3 rings (SSSR count). The zero-order valence-electron chi connectivity index (χ0n) is 16.2. The molecule has 0 saturated carbocycles. The van der Waals surface area contributed by atoms with E-state index in [2.05, 4.69) is 31.4 Å². The van der Waals surface area contributed by atoms with E-state index >= 15 is 0 Å². The van der Waals surface area contributed by atoms with Crippen LogP contribution in [0.15, 0.2) is 54.6 Å². The molecule has 0 atom stereocenters. The van der Waals surface area contributed by atoms with Crippen molar-refractivity contribution in [3.05, 3.63) is 70.9 Å². The number of urea groups is 1. The maximum Gasteiger partial charge on any atom is 0.324 e. The number of hydrogen-bond donors (Lipinski definition) is 3. The Bertz CT molecular complexity index is 973. The third-order valence-electron chi connectivity index (χ3n) is 4.21. The number of rotatable bonds is 4. The van der Waals surface area contributed by atoms with Gasteiger partial charge in [-0.3, -0.25) is 5.32 Å². The number of nitrogens with two attached hydrogens (primary N) is 1. The molecule has 0 bridgehead atoms. The summed E-state index contributed by atoms with van der Waals surface area (Å²) in [6.07, 6.45) is 0. The standard InChI is InChI=1S/C21H24ClN5O/c1-21(2,3)18-12-19(25-20(28)24-16-9-7-15(22)8-10-16)27(26-18)17-6-4-5-14(11-17)13-23/h4-12H,13,23H2,1-3H3,(H2,24,25,28). The summed E-state index contributed by atoms with van der Waals surface area (Å²) in [5.74, 6) is 0.575. The molecule has 0 spiro atoms. The lowest BCUT2D eigenvalue weighted by Gasteiger charge is -2.14. The van der Waals surface area contributed by atoms with Crippen molar-refractivity contribution in [1.82, 2.24) is 9.78 Å². The van der Waals surface area contributed by atoms with E-state index in [1.54, 1.807) is 28.9 Å². The molecule has 4 N–H and O–H groups in total. The molecule has 1 aromatic heterocycles. The van der Waals surface area contributed by atoms with Crippen LogP contribution in [0.4, 0.5) is 16.3 Å². The Morgan fingerprint density at radius 2 is 1.82 bits per heavy atom. The summed E-state index contributed by atoms with van der Waals surface area (Å²) >= 11 is 5.89. The van der Waals surface area contributed by atoms with Crippen molar-refractivity contribution >= 4 is 29.1 Å². The Hall–Kier alpha value is -2.83. The first-order valence-corrected chi connectivity index (χ1v) is 9.37. The zero-order valence-corrected chi connectivity index (χ0v) is 16.9. The summed E-state index contributed by atoms with van der Waals surface area (Å²) in [6.45, 7) is 6.66. The molecule has 0 aliphatic heterocycles. The molecule has 3 aromatic rings. The Balaban J connectivity index is 1.91. The van der Waals surface area contributed by atoms with Gasteiger partial charge in [-0.15, -0.1) is 0 Å². The van der Waals surface area contributed by atoms with E-state index in [-0.39, 0.29) is 11.4 Å². The van der Waals surface area contributed by atoms with E-state index in [4.69, 9.17) is 22.4 Å². The second-order valence-corrected chi connectivity index (χ2v) is 7.97. The minimum Gasteiger partial charge on any atom is -0.326 e. The third kappa shape index (κ3) is 4.71. The maximum atomic E-state index is 12.5. The Morgan fingerprint density at radius 1 is 1.11 bits per heavy atom. The van der Waals surface area contributed by atoms with Crippen molar-refractivity contribution in [3.63, 3.8) is 0 Å². The topological polar surface area (TPSA) is 85.0 Å². The summed E-state index contributed by atoms with van der Waals surface area (Å²) in [5.41, 5.74) is 8.94. The Labute approximate surface area is 169 Å². The number of hydrogen-bond acceptors (Lipinski definition) is 3. The molecule has 146 valence electrons. The lowest BCUT2D eigenvalue weighted by atomic mass is 9.92. The van der Waals surface area contributed by atoms with Gasteiger partial charge in [0.15, 0.2) is 0 Å². The van der Waals surface area contributed by atoms with Gasteiger partial charge in [-0.1, -0.05) is 44.5 Å². The molecule has 0 fully saturated rings. The molecule has 7 heteroatoms. The number of nitrogens with one attached hydrogen (secondary N) is 2. The number of amides is 2. The smallest absolute Gasteiger partial charge is 0.324 e. The van der Waals surface area contributed by atoms with Crippen LogP contribution < -0.4 is 16.4 Å². The largest absolute Gasteiger partial charge is 0.326 e. The summed E-state index contributed by atoms with van der Waals surface area (Å²) < 4.78 is 1.72. The average molecular weight is 398 g/mol. The highest BCUT2D eigenvalue weighted by Crippen LogP contribution is 2.27. The van der Waals surface area contributed by atoms with E-state index in [0.29, 0.717) is 23.1 Å². The second-order valence-electron chi connectivity index (χ2n) is 7.54. The molecular weight excluding hydrogens is 374 g/mol. The molecule has 1 heterocycles.